The van der Waals surface area contributed by atoms with Gasteiger partial charge in [-0.15, -0.1) is 0 Å². The summed E-state index contributed by atoms with van der Waals surface area (Å²) >= 11 is 0. The molecule has 0 aromatic carbocycles. The number of amides is 2. The molecule has 0 aliphatic carbocycles. The van der Waals surface area contributed by atoms with Crippen molar-refractivity contribution in [2.75, 3.05) is 19.6 Å². The van der Waals surface area contributed by atoms with Gasteiger partial charge >= 0.3 is 0 Å². The number of fused-ring (bicyclic) bond motifs is 4. The molecule has 3 aliphatic rings. The fourth-order valence-corrected chi connectivity index (χ4v) is 5.00. The Bertz CT molecular complexity index is 1020. The van der Waals surface area contributed by atoms with E-state index in [0.29, 0.717) is 25.7 Å². The standard InChI is InChI=1S/C22H29N4O4P/c1-3-4-7-14(2)10-23-21(28)16-12-24-13-17-25-9-6-5-8-15(25)11-26(17)22(29)18(24)20(30-31)19(16)27/h3-4,7,12,15,17H,5-6,8-11,13,31H2,1-2H3,(H,23,28)/b4-3-,14-7+/t15-,17-/m0/s1. The number of pyridine rings is 1. The molecular weight excluding hydrogens is 415 g/mol. The lowest BCUT2D eigenvalue weighted by Crippen LogP contribution is -2.51. The zero-order valence-corrected chi connectivity index (χ0v) is 19.1. The van der Waals surface area contributed by atoms with Crippen molar-refractivity contribution in [3.05, 3.63) is 51.5 Å². The Hall–Kier alpha value is -2.44. The number of rotatable bonds is 5. The topological polar surface area (TPSA) is 83.9 Å². The monoisotopic (exact) mass is 444 g/mol. The van der Waals surface area contributed by atoms with E-state index in [9.17, 15) is 14.4 Å². The van der Waals surface area contributed by atoms with Crippen LogP contribution >= 0.6 is 9.47 Å². The van der Waals surface area contributed by atoms with Crippen LogP contribution in [0.2, 0.25) is 0 Å². The molecule has 2 amide bonds. The summed E-state index contributed by atoms with van der Waals surface area (Å²) in [6, 6.07) is 0.361. The van der Waals surface area contributed by atoms with Crippen molar-refractivity contribution in [1.29, 1.82) is 0 Å². The van der Waals surface area contributed by atoms with Gasteiger partial charge in [0.05, 0.1) is 16.0 Å². The molecule has 2 saturated heterocycles. The fourth-order valence-electron chi connectivity index (χ4n) is 4.78. The summed E-state index contributed by atoms with van der Waals surface area (Å²) in [6.07, 6.45) is 10.5. The molecule has 4 rings (SSSR count). The van der Waals surface area contributed by atoms with E-state index in [1.165, 1.54) is 12.6 Å². The summed E-state index contributed by atoms with van der Waals surface area (Å²) in [4.78, 5) is 43.3. The number of piperidine rings is 1. The Morgan fingerprint density at radius 3 is 2.87 bits per heavy atom. The third kappa shape index (κ3) is 3.94. The molecule has 31 heavy (non-hydrogen) atoms. The predicted octanol–water partition coefficient (Wildman–Crippen LogP) is 1.92. The van der Waals surface area contributed by atoms with E-state index >= 15 is 0 Å². The van der Waals surface area contributed by atoms with Crippen LogP contribution in [0.5, 0.6) is 5.75 Å². The van der Waals surface area contributed by atoms with Crippen LogP contribution in [0.25, 0.3) is 0 Å². The van der Waals surface area contributed by atoms with Gasteiger partial charge in [-0.3, -0.25) is 19.3 Å². The molecular formula is C22H29N4O4P. The van der Waals surface area contributed by atoms with Crippen molar-refractivity contribution in [2.24, 2.45) is 0 Å². The Balaban J connectivity index is 1.65. The van der Waals surface area contributed by atoms with Gasteiger partial charge in [-0.05, 0) is 26.7 Å². The van der Waals surface area contributed by atoms with Gasteiger partial charge in [0, 0.05) is 31.9 Å². The Labute approximate surface area is 184 Å². The van der Waals surface area contributed by atoms with Crippen molar-refractivity contribution in [3.8, 4) is 5.75 Å². The van der Waals surface area contributed by atoms with Gasteiger partial charge in [-0.25, -0.2) is 0 Å². The molecule has 1 aromatic rings. The lowest BCUT2D eigenvalue weighted by atomic mass is 10.0. The largest absolute Gasteiger partial charge is 0.474 e. The third-order valence-electron chi connectivity index (χ3n) is 6.35. The first-order chi connectivity index (χ1) is 15.0. The van der Waals surface area contributed by atoms with Gasteiger partial charge in [0.2, 0.25) is 5.43 Å². The number of carbonyl (C=O) groups is 2. The van der Waals surface area contributed by atoms with E-state index in [-0.39, 0.29) is 29.1 Å². The molecule has 9 heteroatoms. The Morgan fingerprint density at radius 2 is 2.13 bits per heavy atom. The quantitative estimate of drug-likeness (QED) is 0.554. The van der Waals surface area contributed by atoms with Crippen molar-refractivity contribution < 1.29 is 14.1 Å². The zero-order valence-electron chi connectivity index (χ0n) is 18.0. The lowest BCUT2D eigenvalue weighted by molar-refractivity contribution is 0.0454. The minimum Gasteiger partial charge on any atom is -0.474 e. The molecule has 4 heterocycles. The Morgan fingerprint density at radius 1 is 1.32 bits per heavy atom. The molecule has 2 fully saturated rings. The molecule has 0 radical (unpaired) electrons. The molecule has 0 saturated carbocycles. The van der Waals surface area contributed by atoms with E-state index in [0.717, 1.165) is 25.0 Å². The summed E-state index contributed by atoms with van der Waals surface area (Å²) in [7, 11) is 2.04. The number of nitrogens with zero attached hydrogens (tertiary/aromatic N) is 3. The van der Waals surface area contributed by atoms with Crippen molar-refractivity contribution >= 4 is 21.3 Å². The van der Waals surface area contributed by atoms with Crippen molar-refractivity contribution in [1.82, 2.24) is 19.7 Å². The van der Waals surface area contributed by atoms with Crippen LogP contribution in [0, 0.1) is 0 Å². The fraction of sp³-hybridized carbons (Fsp3) is 0.500. The number of allylic oxidation sites excluding steroid dienone is 3. The molecule has 1 unspecified atom stereocenters. The van der Waals surface area contributed by atoms with Crippen LogP contribution in [0.15, 0.2) is 34.8 Å². The van der Waals surface area contributed by atoms with Gasteiger partial charge in [0.25, 0.3) is 11.8 Å². The van der Waals surface area contributed by atoms with Gasteiger partial charge < -0.3 is 19.3 Å². The molecule has 1 N–H and O–H groups in total. The summed E-state index contributed by atoms with van der Waals surface area (Å²) in [5.41, 5.74) is 0.587. The second kappa shape index (κ2) is 8.97. The third-order valence-corrected chi connectivity index (χ3v) is 6.58. The van der Waals surface area contributed by atoms with E-state index in [2.05, 4.69) is 10.2 Å². The van der Waals surface area contributed by atoms with Crippen LogP contribution in [-0.4, -0.2) is 58.0 Å². The SMILES string of the molecule is C/C=C\C=C(/C)CNC(=O)c1cn2c(c(OP)c1=O)C(=O)N1C[C@@H]3CCCCN3[C@@H]1C2. The summed E-state index contributed by atoms with van der Waals surface area (Å²) in [6.45, 7) is 6.30. The number of nitrogens with one attached hydrogen (secondary N) is 1. The van der Waals surface area contributed by atoms with Crippen LogP contribution in [0.1, 0.15) is 54.0 Å². The lowest BCUT2D eigenvalue weighted by Gasteiger charge is -2.38. The Kier molecular flexibility index (Phi) is 6.30. The zero-order chi connectivity index (χ0) is 22.1. The second-order valence-corrected chi connectivity index (χ2v) is 8.60. The minimum atomic E-state index is -0.572. The summed E-state index contributed by atoms with van der Waals surface area (Å²) < 4.78 is 6.99. The molecule has 3 atom stereocenters. The summed E-state index contributed by atoms with van der Waals surface area (Å²) in [5, 5.41) is 2.79. The number of hydrogen-bond donors (Lipinski definition) is 1. The molecule has 0 spiro atoms. The number of aromatic nitrogens is 1. The molecule has 166 valence electrons. The average Bonchev–Trinajstić information content (AvgIpc) is 3.15. The molecule has 8 nitrogen and oxygen atoms in total. The van der Waals surface area contributed by atoms with Crippen LogP contribution in [0.4, 0.5) is 0 Å². The van der Waals surface area contributed by atoms with E-state index < -0.39 is 11.3 Å². The normalized spacial score (nSPS) is 23.5. The van der Waals surface area contributed by atoms with Crippen LogP contribution in [0.3, 0.4) is 0 Å². The average molecular weight is 444 g/mol. The van der Waals surface area contributed by atoms with E-state index in [4.69, 9.17) is 4.52 Å². The molecule has 3 aliphatic heterocycles. The molecule has 0 bridgehead atoms. The highest BCUT2D eigenvalue weighted by atomic mass is 31.0. The smallest absolute Gasteiger partial charge is 0.275 e. The number of hydrogen-bond acceptors (Lipinski definition) is 5. The maximum atomic E-state index is 13.3. The van der Waals surface area contributed by atoms with Gasteiger partial charge in [0.1, 0.15) is 11.7 Å². The van der Waals surface area contributed by atoms with E-state index in [1.807, 2.05) is 46.4 Å². The van der Waals surface area contributed by atoms with E-state index in [1.54, 1.807) is 4.57 Å². The maximum absolute atomic E-state index is 13.3. The highest BCUT2D eigenvalue weighted by Crippen LogP contribution is 2.35. The summed E-state index contributed by atoms with van der Waals surface area (Å²) in [5.74, 6) is -0.779. The number of carbonyl (C=O) groups excluding carboxylic acids is 2. The maximum Gasteiger partial charge on any atom is 0.275 e. The van der Waals surface area contributed by atoms with Crippen molar-refractivity contribution in [2.45, 2.75) is 51.9 Å². The van der Waals surface area contributed by atoms with Gasteiger partial charge in [0.15, 0.2) is 11.4 Å². The van der Waals surface area contributed by atoms with Crippen LogP contribution < -0.4 is 15.3 Å². The first-order valence-electron chi connectivity index (χ1n) is 10.7. The highest BCUT2D eigenvalue weighted by molar-refractivity contribution is 7.10. The van der Waals surface area contributed by atoms with Gasteiger partial charge in [-0.1, -0.05) is 30.2 Å². The predicted molar refractivity (Wildman–Crippen MR) is 121 cm³/mol. The first-order valence-corrected chi connectivity index (χ1v) is 11.2. The van der Waals surface area contributed by atoms with Gasteiger partial charge in [-0.2, -0.15) is 0 Å². The van der Waals surface area contributed by atoms with Crippen LogP contribution in [-0.2, 0) is 6.54 Å². The minimum absolute atomic E-state index is 0.0190. The second-order valence-electron chi connectivity index (χ2n) is 8.37. The molecule has 1 aromatic heterocycles. The highest BCUT2D eigenvalue weighted by Gasteiger charge is 2.47. The van der Waals surface area contributed by atoms with Crippen molar-refractivity contribution in [3.63, 3.8) is 0 Å². The first kappa shape index (κ1) is 21.8.